The molecule has 0 fully saturated rings. The number of para-hydroxylation sites is 1. The summed E-state index contributed by atoms with van der Waals surface area (Å²) in [6.45, 7) is 3.94. The number of benzene rings is 2. The lowest BCUT2D eigenvalue weighted by atomic mass is 10.1. The molecule has 0 spiro atoms. The fourth-order valence-corrected chi connectivity index (χ4v) is 4.25. The number of aliphatic imine (C=N–C) groups is 1. The van der Waals surface area contributed by atoms with Gasteiger partial charge in [0.1, 0.15) is 0 Å². The first-order valence-corrected chi connectivity index (χ1v) is 9.27. The molecule has 4 rings (SSSR count). The van der Waals surface area contributed by atoms with E-state index < -0.39 is 0 Å². The molecule has 3 aromatic rings. The Morgan fingerprint density at radius 2 is 1.70 bits per heavy atom. The van der Waals surface area contributed by atoms with E-state index in [2.05, 4.69) is 10.3 Å². The molecule has 0 unspecified atom stereocenters. The predicted molar refractivity (Wildman–Crippen MR) is 108 cm³/mol. The van der Waals surface area contributed by atoms with E-state index in [9.17, 15) is 9.59 Å². The maximum Gasteiger partial charge on any atom is 0.260 e. The molecule has 1 aliphatic rings. The molecule has 0 saturated heterocycles. The Labute approximate surface area is 160 Å². The first-order chi connectivity index (χ1) is 13.0. The lowest BCUT2D eigenvalue weighted by Crippen LogP contribution is -2.22. The third-order valence-electron chi connectivity index (χ3n) is 4.52. The second-order valence-corrected chi connectivity index (χ2v) is 7.42. The normalized spacial score (nSPS) is 14.3. The quantitative estimate of drug-likeness (QED) is 0.679. The van der Waals surface area contributed by atoms with Crippen molar-refractivity contribution in [3.05, 3.63) is 80.5 Å². The van der Waals surface area contributed by atoms with Gasteiger partial charge >= 0.3 is 0 Å². The van der Waals surface area contributed by atoms with Gasteiger partial charge in [-0.15, -0.1) is 11.3 Å². The summed E-state index contributed by atoms with van der Waals surface area (Å²) in [5.41, 5.74) is 10.1. The third kappa shape index (κ3) is 2.84. The van der Waals surface area contributed by atoms with E-state index >= 15 is 0 Å². The van der Waals surface area contributed by atoms with Crippen LogP contribution in [0.1, 0.15) is 41.6 Å². The number of rotatable bonds is 3. The Bertz CT molecular complexity index is 1090. The second kappa shape index (κ2) is 6.48. The molecule has 1 amide bonds. The van der Waals surface area contributed by atoms with Crippen LogP contribution in [0.2, 0.25) is 0 Å². The number of nitrogens with one attached hydrogen (secondary N) is 1. The number of amides is 1. The number of thiophene rings is 1. The highest BCUT2D eigenvalue weighted by Gasteiger charge is 2.34. The molecule has 1 aliphatic heterocycles. The van der Waals surface area contributed by atoms with Crippen molar-refractivity contribution in [3.63, 3.8) is 0 Å². The number of carbonyl (C=O) groups is 2. The third-order valence-corrected chi connectivity index (χ3v) is 5.74. The van der Waals surface area contributed by atoms with Gasteiger partial charge in [-0.1, -0.05) is 48.5 Å². The average Bonchev–Trinajstić information content (AvgIpc) is 3.16. The zero-order valence-corrected chi connectivity index (χ0v) is 15.7. The van der Waals surface area contributed by atoms with Crippen molar-refractivity contribution in [1.29, 1.82) is 0 Å². The molecular formula is C21H17N3O2S. The molecule has 6 heteroatoms. The topological polar surface area (TPSA) is 84.5 Å². The second-order valence-electron chi connectivity index (χ2n) is 6.40. The number of amidine groups is 1. The number of carbonyl (C=O) groups excluding carboxylic acids is 2. The highest BCUT2D eigenvalue weighted by atomic mass is 32.1. The smallest absolute Gasteiger partial charge is 0.260 e. The number of fused-ring (bicyclic) bond motifs is 1. The molecule has 0 saturated carbocycles. The van der Waals surface area contributed by atoms with Gasteiger partial charge in [0.2, 0.25) is 5.78 Å². The van der Waals surface area contributed by atoms with E-state index in [1.54, 1.807) is 24.3 Å². The Balaban J connectivity index is 1.82. The van der Waals surface area contributed by atoms with Crippen LogP contribution in [0.4, 0.5) is 11.4 Å². The van der Waals surface area contributed by atoms with Crippen molar-refractivity contribution >= 4 is 40.2 Å². The van der Waals surface area contributed by atoms with Crippen LogP contribution in [-0.2, 0) is 0 Å². The minimum atomic E-state index is -0.323. The minimum absolute atomic E-state index is 0.188. The monoisotopic (exact) mass is 375 g/mol. The summed E-state index contributed by atoms with van der Waals surface area (Å²) >= 11 is 1.21. The Kier molecular flexibility index (Phi) is 4.12. The summed E-state index contributed by atoms with van der Waals surface area (Å²) in [6.07, 6.45) is 0. The molecule has 134 valence electrons. The van der Waals surface area contributed by atoms with Crippen LogP contribution in [0.25, 0.3) is 0 Å². The van der Waals surface area contributed by atoms with Gasteiger partial charge in [-0.05, 0) is 25.0 Å². The van der Waals surface area contributed by atoms with Crippen LogP contribution < -0.4 is 11.1 Å². The summed E-state index contributed by atoms with van der Waals surface area (Å²) in [5, 5.41) is 2.78. The zero-order valence-electron chi connectivity index (χ0n) is 14.9. The Hall–Kier alpha value is -3.25. The van der Waals surface area contributed by atoms with E-state index in [4.69, 9.17) is 5.73 Å². The maximum absolute atomic E-state index is 12.8. The SMILES string of the molecule is Cc1cccc(C)c1N=C1NC(=O)c2c1sc(C(=O)c1ccccc1)c2N. The molecular weight excluding hydrogens is 358 g/mol. The van der Waals surface area contributed by atoms with Crippen molar-refractivity contribution in [3.8, 4) is 0 Å². The Morgan fingerprint density at radius 3 is 2.37 bits per heavy atom. The van der Waals surface area contributed by atoms with E-state index in [-0.39, 0.29) is 17.4 Å². The molecule has 3 N–H and O–H groups in total. The van der Waals surface area contributed by atoms with E-state index in [1.807, 2.05) is 38.1 Å². The van der Waals surface area contributed by atoms with Crippen molar-refractivity contribution in [2.45, 2.75) is 13.8 Å². The fourth-order valence-electron chi connectivity index (χ4n) is 3.12. The fraction of sp³-hybridized carbons (Fsp3) is 0.0952. The van der Waals surface area contributed by atoms with Crippen LogP contribution in [-0.4, -0.2) is 17.5 Å². The molecule has 0 bridgehead atoms. The molecule has 2 heterocycles. The highest BCUT2D eigenvalue weighted by Crippen LogP contribution is 2.37. The van der Waals surface area contributed by atoms with Crippen molar-refractivity contribution in [1.82, 2.24) is 5.32 Å². The number of nitrogen functional groups attached to an aromatic ring is 1. The van der Waals surface area contributed by atoms with Crippen molar-refractivity contribution in [2.75, 3.05) is 5.73 Å². The van der Waals surface area contributed by atoms with Gasteiger partial charge in [0, 0.05) is 5.56 Å². The van der Waals surface area contributed by atoms with Crippen LogP contribution in [0.15, 0.2) is 53.5 Å². The van der Waals surface area contributed by atoms with Gasteiger partial charge in [-0.3, -0.25) is 9.59 Å². The lowest BCUT2D eigenvalue weighted by Gasteiger charge is -2.06. The largest absolute Gasteiger partial charge is 0.397 e. The summed E-state index contributed by atoms with van der Waals surface area (Å²) < 4.78 is 0. The summed E-state index contributed by atoms with van der Waals surface area (Å²) in [4.78, 5) is 30.9. The number of nitrogens with zero attached hydrogens (tertiary/aromatic N) is 1. The van der Waals surface area contributed by atoms with Crippen molar-refractivity contribution < 1.29 is 9.59 Å². The zero-order chi connectivity index (χ0) is 19.1. The number of hydrogen-bond donors (Lipinski definition) is 2. The van der Waals surface area contributed by atoms with Crippen LogP contribution in [0.3, 0.4) is 0 Å². The van der Waals surface area contributed by atoms with Gasteiger partial charge in [0.25, 0.3) is 5.91 Å². The number of anilines is 1. The number of hydrogen-bond acceptors (Lipinski definition) is 5. The summed E-state index contributed by atoms with van der Waals surface area (Å²) in [6, 6.07) is 14.8. The molecule has 5 nitrogen and oxygen atoms in total. The standard InChI is InChI=1S/C21H17N3O2S/c1-11-7-6-8-12(2)16(11)23-20-18-14(21(26)24-20)15(22)19(27-18)17(25)13-9-4-3-5-10-13/h3-10H,22H2,1-2H3,(H,23,24,26). The van der Waals surface area contributed by atoms with Gasteiger partial charge in [-0.25, -0.2) is 4.99 Å². The lowest BCUT2D eigenvalue weighted by molar-refractivity contribution is 0.0984. The number of aryl methyl sites for hydroxylation is 2. The Morgan fingerprint density at radius 1 is 1.04 bits per heavy atom. The highest BCUT2D eigenvalue weighted by molar-refractivity contribution is 7.17. The van der Waals surface area contributed by atoms with Gasteiger partial charge < -0.3 is 11.1 Å². The van der Waals surface area contributed by atoms with Crippen LogP contribution in [0, 0.1) is 13.8 Å². The van der Waals surface area contributed by atoms with E-state index in [1.165, 1.54) is 11.3 Å². The van der Waals surface area contributed by atoms with Gasteiger partial charge in [0.05, 0.1) is 26.7 Å². The van der Waals surface area contributed by atoms with Gasteiger partial charge in [0.15, 0.2) is 5.84 Å². The van der Waals surface area contributed by atoms with Gasteiger partial charge in [-0.2, -0.15) is 0 Å². The van der Waals surface area contributed by atoms with E-state index in [0.29, 0.717) is 26.7 Å². The predicted octanol–water partition coefficient (Wildman–Crippen LogP) is 4.00. The summed E-state index contributed by atoms with van der Waals surface area (Å²) in [5.74, 6) is -0.0706. The van der Waals surface area contributed by atoms with Crippen LogP contribution in [0.5, 0.6) is 0 Å². The number of nitrogens with two attached hydrogens (primary N) is 1. The maximum atomic E-state index is 12.8. The average molecular weight is 375 g/mol. The first-order valence-electron chi connectivity index (χ1n) is 8.46. The molecule has 27 heavy (non-hydrogen) atoms. The molecule has 0 aliphatic carbocycles. The molecule has 0 atom stereocenters. The molecule has 2 aromatic carbocycles. The van der Waals surface area contributed by atoms with Crippen LogP contribution >= 0.6 is 11.3 Å². The molecule has 0 radical (unpaired) electrons. The summed E-state index contributed by atoms with van der Waals surface area (Å²) in [7, 11) is 0. The number of ketones is 1. The molecule has 1 aromatic heterocycles. The van der Waals surface area contributed by atoms with E-state index in [0.717, 1.165) is 16.8 Å². The minimum Gasteiger partial charge on any atom is -0.397 e. The first kappa shape index (κ1) is 17.2. The van der Waals surface area contributed by atoms with Crippen molar-refractivity contribution in [2.24, 2.45) is 4.99 Å².